The number of thioether (sulfide) groups is 1. The topological polar surface area (TPSA) is 57.8 Å². The number of carbonyl (C=O) groups excluding carboxylic acids is 1. The molecule has 1 unspecified atom stereocenters. The number of amides is 1. The number of halogens is 3. The molecule has 0 aliphatic heterocycles. The first-order chi connectivity index (χ1) is 11.9. The van der Waals surface area contributed by atoms with Crippen molar-refractivity contribution in [3.05, 3.63) is 58.6 Å². The van der Waals surface area contributed by atoms with E-state index in [1.54, 1.807) is 19.1 Å². The van der Waals surface area contributed by atoms with Gasteiger partial charge in [-0.3, -0.25) is 4.79 Å². The molecule has 3 aromatic rings. The molecule has 1 amide bonds. The SMILES string of the molecule is CC(Sc1nc2cc(F)c(F)cc2[nH]1)C(=O)NCc1ccc(Cl)cc1. The molecule has 0 aliphatic rings. The van der Waals surface area contributed by atoms with E-state index in [2.05, 4.69) is 15.3 Å². The number of hydrogen-bond donors (Lipinski definition) is 2. The third-order valence-electron chi connectivity index (χ3n) is 3.54. The van der Waals surface area contributed by atoms with Gasteiger partial charge in [0.15, 0.2) is 16.8 Å². The number of rotatable bonds is 5. The zero-order chi connectivity index (χ0) is 18.0. The second-order valence-electron chi connectivity index (χ2n) is 5.43. The zero-order valence-electron chi connectivity index (χ0n) is 13.1. The number of H-pyrrole nitrogens is 1. The monoisotopic (exact) mass is 381 g/mol. The summed E-state index contributed by atoms with van der Waals surface area (Å²) in [4.78, 5) is 19.2. The fourth-order valence-corrected chi connectivity index (χ4v) is 3.16. The van der Waals surface area contributed by atoms with Gasteiger partial charge in [0.2, 0.25) is 5.91 Å². The van der Waals surface area contributed by atoms with Crippen molar-refractivity contribution in [3.8, 4) is 0 Å². The van der Waals surface area contributed by atoms with Crippen LogP contribution in [-0.4, -0.2) is 21.1 Å². The molecule has 0 spiro atoms. The standard InChI is InChI=1S/C17H14ClF2N3OS/c1-9(16(24)21-8-10-2-4-11(18)5-3-10)25-17-22-14-6-12(19)13(20)7-15(14)23-17/h2-7,9H,8H2,1H3,(H,21,24)(H,22,23). The minimum absolute atomic E-state index is 0.169. The van der Waals surface area contributed by atoms with Gasteiger partial charge in [-0.15, -0.1) is 0 Å². The minimum Gasteiger partial charge on any atom is -0.351 e. The molecule has 2 aromatic carbocycles. The van der Waals surface area contributed by atoms with Gasteiger partial charge in [0.05, 0.1) is 16.3 Å². The van der Waals surface area contributed by atoms with Gasteiger partial charge in [0, 0.05) is 23.7 Å². The second-order valence-corrected chi connectivity index (χ2v) is 7.20. The molecular formula is C17H14ClF2N3OS. The van der Waals surface area contributed by atoms with Crippen molar-refractivity contribution >= 4 is 40.3 Å². The summed E-state index contributed by atoms with van der Waals surface area (Å²) in [6.07, 6.45) is 0. The number of aromatic nitrogens is 2. The fourth-order valence-electron chi connectivity index (χ4n) is 2.19. The van der Waals surface area contributed by atoms with Crippen LogP contribution in [0.15, 0.2) is 41.6 Å². The smallest absolute Gasteiger partial charge is 0.233 e. The van der Waals surface area contributed by atoms with E-state index < -0.39 is 16.9 Å². The van der Waals surface area contributed by atoms with Crippen LogP contribution in [0.4, 0.5) is 8.78 Å². The first-order valence-corrected chi connectivity index (χ1v) is 8.71. The summed E-state index contributed by atoms with van der Waals surface area (Å²) in [6, 6.07) is 9.26. The normalized spacial score (nSPS) is 12.3. The van der Waals surface area contributed by atoms with Crippen molar-refractivity contribution < 1.29 is 13.6 Å². The number of nitrogens with one attached hydrogen (secondary N) is 2. The summed E-state index contributed by atoms with van der Waals surface area (Å²) in [5.74, 6) is -2.07. The molecular weight excluding hydrogens is 368 g/mol. The Morgan fingerprint density at radius 2 is 1.96 bits per heavy atom. The molecule has 1 atom stereocenters. The molecule has 0 bridgehead atoms. The lowest BCUT2D eigenvalue weighted by Gasteiger charge is -2.10. The summed E-state index contributed by atoms with van der Waals surface area (Å²) >= 11 is 7.00. The Bertz CT molecular complexity index is 875. The van der Waals surface area contributed by atoms with Crippen LogP contribution in [0.25, 0.3) is 11.0 Å². The Kier molecular flexibility index (Phi) is 5.24. The Balaban J connectivity index is 1.62. The maximum Gasteiger partial charge on any atom is 0.233 e. The first-order valence-electron chi connectivity index (χ1n) is 7.46. The zero-order valence-corrected chi connectivity index (χ0v) is 14.7. The molecule has 0 aliphatic carbocycles. The summed E-state index contributed by atoms with van der Waals surface area (Å²) in [5, 5.41) is 3.46. The average molecular weight is 382 g/mol. The van der Waals surface area contributed by atoms with Gasteiger partial charge in [-0.05, 0) is 24.6 Å². The van der Waals surface area contributed by atoms with Gasteiger partial charge in [0.1, 0.15) is 0 Å². The molecule has 8 heteroatoms. The Morgan fingerprint density at radius 3 is 2.68 bits per heavy atom. The number of imidazole rings is 1. The van der Waals surface area contributed by atoms with Gasteiger partial charge in [-0.2, -0.15) is 0 Å². The predicted molar refractivity (Wildman–Crippen MR) is 94.6 cm³/mol. The van der Waals surface area contributed by atoms with Crippen LogP contribution in [0.5, 0.6) is 0 Å². The number of nitrogens with zero attached hydrogens (tertiary/aromatic N) is 1. The highest BCUT2D eigenvalue weighted by Gasteiger charge is 2.17. The minimum atomic E-state index is -0.954. The van der Waals surface area contributed by atoms with Gasteiger partial charge >= 0.3 is 0 Å². The van der Waals surface area contributed by atoms with Crippen LogP contribution in [0.1, 0.15) is 12.5 Å². The predicted octanol–water partition coefficient (Wildman–Crippen LogP) is 4.29. The molecule has 25 heavy (non-hydrogen) atoms. The van der Waals surface area contributed by atoms with Crippen molar-refractivity contribution in [2.75, 3.05) is 0 Å². The highest BCUT2D eigenvalue weighted by atomic mass is 35.5. The molecule has 0 radical (unpaired) electrons. The van der Waals surface area contributed by atoms with E-state index in [1.807, 2.05) is 12.1 Å². The third kappa shape index (κ3) is 4.29. The quantitative estimate of drug-likeness (QED) is 0.648. The number of hydrogen-bond acceptors (Lipinski definition) is 3. The van der Waals surface area contributed by atoms with E-state index in [-0.39, 0.29) is 5.91 Å². The molecule has 0 saturated carbocycles. The van der Waals surface area contributed by atoms with Crippen LogP contribution in [0, 0.1) is 11.6 Å². The largest absolute Gasteiger partial charge is 0.351 e. The van der Waals surface area contributed by atoms with Gasteiger partial charge in [0.25, 0.3) is 0 Å². The van der Waals surface area contributed by atoms with Crippen molar-refractivity contribution in [3.63, 3.8) is 0 Å². The maximum atomic E-state index is 13.2. The number of benzene rings is 2. The lowest BCUT2D eigenvalue weighted by Crippen LogP contribution is -2.30. The lowest BCUT2D eigenvalue weighted by molar-refractivity contribution is -0.120. The van der Waals surface area contributed by atoms with E-state index in [9.17, 15) is 13.6 Å². The Morgan fingerprint density at radius 1 is 1.28 bits per heavy atom. The maximum absolute atomic E-state index is 13.2. The van der Waals surface area contributed by atoms with Gasteiger partial charge < -0.3 is 10.3 Å². The molecule has 130 valence electrons. The summed E-state index contributed by atoms with van der Waals surface area (Å²) in [7, 11) is 0. The molecule has 2 N–H and O–H groups in total. The van der Waals surface area contributed by atoms with Gasteiger partial charge in [-0.1, -0.05) is 35.5 Å². The Hall–Kier alpha value is -2.12. The highest BCUT2D eigenvalue weighted by Crippen LogP contribution is 2.25. The van der Waals surface area contributed by atoms with Crippen LogP contribution in [0.3, 0.4) is 0 Å². The summed E-state index contributed by atoms with van der Waals surface area (Å²) in [6.45, 7) is 2.12. The van der Waals surface area contributed by atoms with E-state index in [4.69, 9.17) is 11.6 Å². The molecule has 4 nitrogen and oxygen atoms in total. The number of fused-ring (bicyclic) bond motifs is 1. The molecule has 1 heterocycles. The van der Waals surface area contributed by atoms with Gasteiger partial charge in [-0.25, -0.2) is 13.8 Å². The number of carbonyl (C=O) groups is 1. The van der Waals surface area contributed by atoms with E-state index in [1.165, 1.54) is 11.8 Å². The third-order valence-corrected chi connectivity index (χ3v) is 4.78. The average Bonchev–Trinajstić information content (AvgIpc) is 2.95. The Labute approximate surface area is 152 Å². The summed E-state index contributed by atoms with van der Waals surface area (Å²) < 4.78 is 26.5. The van der Waals surface area contributed by atoms with E-state index in [0.717, 1.165) is 17.7 Å². The van der Waals surface area contributed by atoms with E-state index in [0.29, 0.717) is 27.8 Å². The molecule has 1 aromatic heterocycles. The molecule has 0 fully saturated rings. The lowest BCUT2D eigenvalue weighted by atomic mass is 10.2. The summed E-state index contributed by atoms with van der Waals surface area (Å²) in [5.41, 5.74) is 1.63. The van der Waals surface area contributed by atoms with Crippen LogP contribution >= 0.6 is 23.4 Å². The van der Waals surface area contributed by atoms with Crippen LogP contribution in [-0.2, 0) is 11.3 Å². The van der Waals surface area contributed by atoms with Crippen molar-refractivity contribution in [1.82, 2.24) is 15.3 Å². The highest BCUT2D eigenvalue weighted by molar-refractivity contribution is 8.00. The number of aromatic amines is 1. The molecule has 3 rings (SSSR count). The second kappa shape index (κ2) is 7.41. The van der Waals surface area contributed by atoms with Crippen molar-refractivity contribution in [1.29, 1.82) is 0 Å². The first kappa shape index (κ1) is 17.7. The van der Waals surface area contributed by atoms with Crippen molar-refractivity contribution in [2.45, 2.75) is 23.9 Å². The van der Waals surface area contributed by atoms with Crippen LogP contribution < -0.4 is 5.32 Å². The fraction of sp³-hybridized carbons (Fsp3) is 0.176. The molecule has 0 saturated heterocycles. The van der Waals surface area contributed by atoms with Crippen LogP contribution in [0.2, 0.25) is 5.02 Å². The van der Waals surface area contributed by atoms with E-state index >= 15 is 0 Å². The van der Waals surface area contributed by atoms with Crippen molar-refractivity contribution in [2.24, 2.45) is 0 Å².